The number of amidine groups is 1. The number of halogens is 1. The van der Waals surface area contributed by atoms with E-state index in [1.165, 1.54) is 18.1 Å². The first kappa shape index (κ1) is 14.2. The van der Waals surface area contributed by atoms with Crippen LogP contribution < -0.4 is 5.32 Å². The number of anilines is 1. The summed E-state index contributed by atoms with van der Waals surface area (Å²) in [6, 6.07) is 12.8. The van der Waals surface area contributed by atoms with Gasteiger partial charge in [-0.05, 0) is 53.8 Å². The van der Waals surface area contributed by atoms with Gasteiger partial charge in [-0.2, -0.15) is 0 Å². The summed E-state index contributed by atoms with van der Waals surface area (Å²) in [5, 5.41) is 16.3. The van der Waals surface area contributed by atoms with Gasteiger partial charge >= 0.3 is 0 Å². The average Bonchev–Trinajstić information content (AvgIpc) is 2.88. The van der Waals surface area contributed by atoms with Gasteiger partial charge in [0.15, 0.2) is 5.84 Å². The first-order valence-corrected chi connectivity index (χ1v) is 8.13. The molecule has 1 aliphatic heterocycles. The normalized spacial score (nSPS) is 20.5. The molecule has 1 aliphatic carbocycles. The number of oxime groups is 1. The fraction of sp³-hybridized carbons (Fsp3) is 0.316. The van der Waals surface area contributed by atoms with E-state index < -0.39 is 0 Å². The highest BCUT2D eigenvalue weighted by molar-refractivity contribution is 6.10. The van der Waals surface area contributed by atoms with Crippen LogP contribution in [0.3, 0.4) is 0 Å². The van der Waals surface area contributed by atoms with Gasteiger partial charge in [0.25, 0.3) is 0 Å². The molecule has 0 atom stereocenters. The molecular formula is C19H19FN2O. The van der Waals surface area contributed by atoms with Crippen LogP contribution in [0.15, 0.2) is 47.6 Å². The quantitative estimate of drug-likeness (QED) is 0.581. The van der Waals surface area contributed by atoms with Crippen molar-refractivity contribution < 1.29 is 9.60 Å². The Morgan fingerprint density at radius 1 is 1.00 bits per heavy atom. The molecule has 0 radical (unpaired) electrons. The number of rotatable bonds is 1. The van der Waals surface area contributed by atoms with Crippen molar-refractivity contribution >= 4 is 11.5 Å². The van der Waals surface area contributed by atoms with E-state index in [1.807, 2.05) is 18.2 Å². The Morgan fingerprint density at radius 2 is 1.78 bits per heavy atom. The van der Waals surface area contributed by atoms with Gasteiger partial charge in [-0.15, -0.1) is 0 Å². The molecule has 2 N–H and O–H groups in total. The maximum Gasteiger partial charge on any atom is 0.156 e. The van der Waals surface area contributed by atoms with Crippen molar-refractivity contribution in [2.45, 2.75) is 37.5 Å². The van der Waals surface area contributed by atoms with Crippen molar-refractivity contribution in [2.75, 3.05) is 5.32 Å². The van der Waals surface area contributed by atoms with Crippen molar-refractivity contribution in [2.24, 2.45) is 5.16 Å². The third-order valence-corrected chi connectivity index (χ3v) is 5.21. The van der Waals surface area contributed by atoms with Gasteiger partial charge < -0.3 is 10.5 Å². The predicted octanol–water partition coefficient (Wildman–Crippen LogP) is 4.91. The molecule has 4 rings (SSSR count). The molecule has 3 nitrogen and oxygen atoms in total. The lowest BCUT2D eigenvalue weighted by Gasteiger charge is -2.33. The second-order valence-corrected chi connectivity index (χ2v) is 6.49. The number of hydrogen-bond donors (Lipinski definition) is 2. The van der Waals surface area contributed by atoms with Gasteiger partial charge in [0.2, 0.25) is 0 Å². The standard InChI is InChI=1S/C19H19FN2O/c20-15-6-4-5-13(11-15)14-7-8-17-16(12-14)19(18(21-17)22-23)9-2-1-3-10-19/h4-8,11-12,23H,1-3,9-10H2,(H,21,22). The maximum absolute atomic E-state index is 13.5. The highest BCUT2D eigenvalue weighted by Crippen LogP contribution is 2.48. The molecule has 1 spiro atoms. The molecule has 23 heavy (non-hydrogen) atoms. The van der Waals surface area contributed by atoms with Gasteiger partial charge in [0.05, 0.1) is 5.41 Å². The lowest BCUT2D eigenvalue weighted by atomic mass is 9.69. The monoisotopic (exact) mass is 310 g/mol. The summed E-state index contributed by atoms with van der Waals surface area (Å²) in [5.74, 6) is 0.426. The Hall–Kier alpha value is -2.36. The van der Waals surface area contributed by atoms with E-state index in [-0.39, 0.29) is 11.2 Å². The summed E-state index contributed by atoms with van der Waals surface area (Å²) in [5.41, 5.74) is 3.82. The van der Waals surface area contributed by atoms with E-state index in [9.17, 15) is 9.60 Å². The zero-order chi connectivity index (χ0) is 15.9. The van der Waals surface area contributed by atoms with Gasteiger partial charge in [-0.25, -0.2) is 4.39 Å². The smallest absolute Gasteiger partial charge is 0.156 e. The molecule has 2 aliphatic rings. The Bertz CT molecular complexity index is 779. The minimum absolute atomic E-state index is 0.217. The molecule has 1 saturated carbocycles. The zero-order valence-corrected chi connectivity index (χ0v) is 12.8. The molecule has 0 unspecified atom stereocenters. The molecule has 2 aromatic rings. The van der Waals surface area contributed by atoms with E-state index in [4.69, 9.17) is 0 Å². The number of benzene rings is 2. The third kappa shape index (κ3) is 2.21. The minimum atomic E-state index is -0.230. The molecule has 0 bridgehead atoms. The van der Waals surface area contributed by atoms with Crippen LogP contribution in [-0.2, 0) is 5.41 Å². The van der Waals surface area contributed by atoms with Crippen molar-refractivity contribution in [1.29, 1.82) is 0 Å². The van der Waals surface area contributed by atoms with Crippen LogP contribution in [0.5, 0.6) is 0 Å². The van der Waals surface area contributed by atoms with Gasteiger partial charge in [-0.1, -0.05) is 42.6 Å². The lowest BCUT2D eigenvalue weighted by molar-refractivity contribution is 0.304. The van der Waals surface area contributed by atoms with Crippen molar-refractivity contribution in [3.8, 4) is 11.1 Å². The largest absolute Gasteiger partial charge is 0.409 e. The predicted molar refractivity (Wildman–Crippen MR) is 89.4 cm³/mol. The fourth-order valence-electron chi connectivity index (χ4n) is 4.05. The average molecular weight is 310 g/mol. The second-order valence-electron chi connectivity index (χ2n) is 6.49. The Balaban J connectivity index is 1.84. The minimum Gasteiger partial charge on any atom is -0.409 e. The first-order valence-electron chi connectivity index (χ1n) is 8.13. The maximum atomic E-state index is 13.5. The van der Waals surface area contributed by atoms with Crippen LogP contribution in [0.25, 0.3) is 11.1 Å². The van der Waals surface area contributed by atoms with E-state index in [1.54, 1.807) is 12.1 Å². The van der Waals surface area contributed by atoms with E-state index >= 15 is 0 Å². The molecule has 4 heteroatoms. The van der Waals surface area contributed by atoms with Gasteiger partial charge in [0, 0.05) is 5.69 Å². The van der Waals surface area contributed by atoms with Gasteiger partial charge in [0.1, 0.15) is 5.82 Å². The highest BCUT2D eigenvalue weighted by atomic mass is 19.1. The summed E-state index contributed by atoms with van der Waals surface area (Å²) >= 11 is 0. The van der Waals surface area contributed by atoms with Crippen LogP contribution in [0.4, 0.5) is 10.1 Å². The number of nitrogens with zero attached hydrogens (tertiary/aromatic N) is 1. The molecule has 0 saturated heterocycles. The molecule has 0 aromatic heterocycles. The number of nitrogens with one attached hydrogen (secondary N) is 1. The molecule has 1 fully saturated rings. The van der Waals surface area contributed by atoms with Gasteiger partial charge in [-0.3, -0.25) is 0 Å². The van der Waals surface area contributed by atoms with Crippen molar-refractivity contribution in [1.82, 2.24) is 0 Å². The van der Waals surface area contributed by atoms with Crippen molar-refractivity contribution in [3.05, 3.63) is 53.8 Å². The summed E-state index contributed by atoms with van der Waals surface area (Å²) < 4.78 is 13.5. The SMILES string of the molecule is O/N=C1\Nc2ccc(-c3cccc(F)c3)cc2C12CCCCC2. The Kier molecular flexibility index (Phi) is 3.33. The molecule has 1 heterocycles. The number of fused-ring (bicyclic) bond motifs is 2. The summed E-state index contributed by atoms with van der Waals surface area (Å²) in [6.45, 7) is 0. The lowest BCUT2D eigenvalue weighted by Crippen LogP contribution is -2.36. The van der Waals surface area contributed by atoms with Crippen LogP contribution in [-0.4, -0.2) is 11.0 Å². The first-order chi connectivity index (χ1) is 11.2. The van der Waals surface area contributed by atoms with Crippen LogP contribution in [0, 0.1) is 5.82 Å². The summed E-state index contributed by atoms with van der Waals surface area (Å²) in [7, 11) is 0. The number of hydrogen-bond acceptors (Lipinski definition) is 2. The molecule has 2 aromatic carbocycles. The van der Waals surface area contributed by atoms with Crippen LogP contribution in [0.1, 0.15) is 37.7 Å². The van der Waals surface area contributed by atoms with Crippen LogP contribution >= 0.6 is 0 Å². The summed E-state index contributed by atoms with van der Waals surface area (Å²) in [4.78, 5) is 0. The molecular weight excluding hydrogens is 291 g/mol. The Labute approximate surface area is 134 Å². The van der Waals surface area contributed by atoms with E-state index in [0.29, 0.717) is 5.84 Å². The van der Waals surface area contributed by atoms with Crippen LogP contribution in [0.2, 0.25) is 0 Å². The van der Waals surface area contributed by atoms with E-state index in [2.05, 4.69) is 16.5 Å². The Morgan fingerprint density at radius 3 is 2.52 bits per heavy atom. The third-order valence-electron chi connectivity index (χ3n) is 5.21. The zero-order valence-electron chi connectivity index (χ0n) is 12.8. The summed E-state index contributed by atoms with van der Waals surface area (Å²) in [6.07, 6.45) is 5.45. The van der Waals surface area contributed by atoms with E-state index in [0.717, 1.165) is 42.5 Å². The second kappa shape index (κ2) is 5.37. The van der Waals surface area contributed by atoms with Crippen molar-refractivity contribution in [3.63, 3.8) is 0 Å². The molecule has 0 amide bonds. The topological polar surface area (TPSA) is 44.6 Å². The molecule has 118 valence electrons. The highest BCUT2D eigenvalue weighted by Gasteiger charge is 2.45. The fourth-order valence-corrected chi connectivity index (χ4v) is 4.05.